The van der Waals surface area contributed by atoms with Gasteiger partial charge in [-0.3, -0.25) is 9.83 Å². The molecule has 0 unspecified atom stereocenters. The molecule has 9 heavy (non-hydrogen) atoms. The van der Waals surface area contributed by atoms with Gasteiger partial charge in [-0.1, -0.05) is 0 Å². The standard InChI is InChI=1S/C5H13N3O/c1-3-7-5(6)8-9-4-2/h3-4H2,1-2H3,(H3,6,7,8). The molecule has 0 heterocycles. The summed E-state index contributed by atoms with van der Waals surface area (Å²) >= 11 is 0. The van der Waals surface area contributed by atoms with Crippen LogP contribution in [0.1, 0.15) is 13.8 Å². The van der Waals surface area contributed by atoms with Crippen LogP contribution < -0.4 is 11.2 Å². The predicted octanol–water partition coefficient (Wildman–Crippen LogP) is -0.138. The van der Waals surface area contributed by atoms with E-state index in [4.69, 9.17) is 10.6 Å². The van der Waals surface area contributed by atoms with Crippen LogP contribution in [0.25, 0.3) is 0 Å². The lowest BCUT2D eigenvalue weighted by atomic mass is 10.8. The van der Waals surface area contributed by atoms with E-state index in [2.05, 4.69) is 10.5 Å². The van der Waals surface area contributed by atoms with Gasteiger partial charge in [-0.05, 0) is 13.8 Å². The van der Waals surface area contributed by atoms with Crippen LogP contribution in [0.15, 0.2) is 4.99 Å². The average Bonchev–Trinajstić information content (AvgIpc) is 1.85. The topological polar surface area (TPSA) is 59.6 Å². The molecule has 4 nitrogen and oxygen atoms in total. The summed E-state index contributed by atoms with van der Waals surface area (Å²) in [5.74, 6) is 0.333. The van der Waals surface area contributed by atoms with E-state index in [0.717, 1.165) is 0 Å². The van der Waals surface area contributed by atoms with Gasteiger partial charge in [0.2, 0.25) is 5.96 Å². The molecule has 3 N–H and O–H groups in total. The Hall–Kier alpha value is -0.770. The number of nitrogens with zero attached hydrogens (tertiary/aromatic N) is 1. The Morgan fingerprint density at radius 2 is 2.33 bits per heavy atom. The summed E-state index contributed by atoms with van der Waals surface area (Å²) in [6.45, 7) is 5.03. The maximum atomic E-state index is 5.28. The fourth-order valence-electron chi connectivity index (χ4n) is 0.349. The molecule has 0 aliphatic heterocycles. The average molecular weight is 131 g/mol. The predicted molar refractivity (Wildman–Crippen MR) is 36.9 cm³/mol. The third-order valence-corrected chi connectivity index (χ3v) is 0.650. The van der Waals surface area contributed by atoms with Crippen molar-refractivity contribution >= 4 is 5.96 Å². The van der Waals surface area contributed by atoms with Gasteiger partial charge in [0.15, 0.2) is 0 Å². The molecule has 0 rings (SSSR count). The summed E-state index contributed by atoms with van der Waals surface area (Å²) in [5.41, 5.74) is 7.75. The lowest BCUT2D eigenvalue weighted by Crippen LogP contribution is -2.31. The molecule has 0 radical (unpaired) electrons. The van der Waals surface area contributed by atoms with Gasteiger partial charge in [0.05, 0.1) is 6.61 Å². The molecule has 0 atom stereocenters. The second-order valence-electron chi connectivity index (χ2n) is 1.39. The van der Waals surface area contributed by atoms with Crippen molar-refractivity contribution in [3.8, 4) is 0 Å². The van der Waals surface area contributed by atoms with Crippen LogP contribution in [0.5, 0.6) is 0 Å². The first-order valence-corrected chi connectivity index (χ1v) is 2.99. The van der Waals surface area contributed by atoms with Crippen LogP contribution in [0.4, 0.5) is 0 Å². The highest BCUT2D eigenvalue weighted by molar-refractivity contribution is 5.76. The smallest absolute Gasteiger partial charge is 0.213 e. The molecular weight excluding hydrogens is 118 g/mol. The largest absolute Gasteiger partial charge is 0.368 e. The van der Waals surface area contributed by atoms with Gasteiger partial charge in [0, 0.05) is 6.54 Å². The van der Waals surface area contributed by atoms with Gasteiger partial charge >= 0.3 is 0 Å². The van der Waals surface area contributed by atoms with E-state index >= 15 is 0 Å². The molecule has 0 aromatic rings. The summed E-state index contributed by atoms with van der Waals surface area (Å²) in [7, 11) is 0. The summed E-state index contributed by atoms with van der Waals surface area (Å²) < 4.78 is 0. The summed E-state index contributed by atoms with van der Waals surface area (Å²) in [4.78, 5) is 8.56. The van der Waals surface area contributed by atoms with Gasteiger partial charge in [0.1, 0.15) is 0 Å². The van der Waals surface area contributed by atoms with E-state index in [9.17, 15) is 0 Å². The van der Waals surface area contributed by atoms with Crippen LogP contribution >= 0.6 is 0 Å². The number of aliphatic imine (C=N–C) groups is 1. The van der Waals surface area contributed by atoms with Crippen LogP contribution in [0.3, 0.4) is 0 Å². The number of hydrogen-bond acceptors (Lipinski definition) is 2. The Morgan fingerprint density at radius 1 is 1.67 bits per heavy atom. The number of nitrogens with two attached hydrogens (primary N) is 1. The van der Waals surface area contributed by atoms with Crippen molar-refractivity contribution in [3.05, 3.63) is 0 Å². The zero-order valence-electron chi connectivity index (χ0n) is 5.85. The Labute approximate surface area is 55.1 Å². The fraction of sp³-hybridized carbons (Fsp3) is 0.800. The maximum Gasteiger partial charge on any atom is 0.213 e. The SMILES string of the molecule is CCN=C(N)NOCC. The lowest BCUT2D eigenvalue weighted by molar-refractivity contribution is 0.0958. The Morgan fingerprint density at radius 3 is 2.78 bits per heavy atom. The Bertz CT molecular complexity index is 92.2. The van der Waals surface area contributed by atoms with Crippen LogP contribution in [-0.2, 0) is 4.84 Å². The summed E-state index contributed by atoms with van der Waals surface area (Å²) in [5, 5.41) is 0. The maximum absolute atomic E-state index is 5.28. The molecule has 54 valence electrons. The van der Waals surface area contributed by atoms with E-state index in [1.165, 1.54) is 0 Å². The van der Waals surface area contributed by atoms with Crippen molar-refractivity contribution in [2.45, 2.75) is 13.8 Å². The summed E-state index contributed by atoms with van der Waals surface area (Å²) in [6.07, 6.45) is 0. The molecule has 0 aromatic heterocycles. The molecule has 0 aliphatic rings. The molecule has 0 bridgehead atoms. The first kappa shape index (κ1) is 8.23. The number of hydroxylamine groups is 1. The monoisotopic (exact) mass is 131 g/mol. The minimum absolute atomic E-state index is 0.333. The first-order valence-electron chi connectivity index (χ1n) is 2.99. The van der Waals surface area contributed by atoms with Crippen molar-refractivity contribution in [2.24, 2.45) is 10.7 Å². The zero-order valence-corrected chi connectivity index (χ0v) is 5.85. The third-order valence-electron chi connectivity index (χ3n) is 0.650. The molecule has 0 fully saturated rings. The van der Waals surface area contributed by atoms with E-state index < -0.39 is 0 Å². The third kappa shape index (κ3) is 5.10. The highest BCUT2D eigenvalue weighted by Gasteiger charge is 1.84. The van der Waals surface area contributed by atoms with Gasteiger partial charge in [-0.15, -0.1) is 0 Å². The van der Waals surface area contributed by atoms with Crippen molar-refractivity contribution in [1.29, 1.82) is 0 Å². The number of guanidine groups is 1. The molecule has 0 aromatic carbocycles. The van der Waals surface area contributed by atoms with Gasteiger partial charge in [0.25, 0.3) is 0 Å². The first-order chi connectivity index (χ1) is 4.31. The molecule has 4 heteroatoms. The molecule has 0 spiro atoms. The quantitative estimate of drug-likeness (QED) is 0.318. The van der Waals surface area contributed by atoms with Crippen molar-refractivity contribution in [3.63, 3.8) is 0 Å². The van der Waals surface area contributed by atoms with Gasteiger partial charge < -0.3 is 5.73 Å². The molecule has 0 aliphatic carbocycles. The van der Waals surface area contributed by atoms with E-state index in [1.807, 2.05) is 13.8 Å². The normalized spacial score (nSPS) is 11.6. The number of nitrogens with one attached hydrogen (secondary N) is 1. The second-order valence-corrected chi connectivity index (χ2v) is 1.39. The van der Waals surface area contributed by atoms with Gasteiger partial charge in [-0.25, -0.2) is 5.48 Å². The highest BCUT2D eigenvalue weighted by atomic mass is 16.6. The second kappa shape index (κ2) is 5.37. The van der Waals surface area contributed by atoms with Crippen molar-refractivity contribution < 1.29 is 4.84 Å². The van der Waals surface area contributed by atoms with Crippen LogP contribution in [0.2, 0.25) is 0 Å². The van der Waals surface area contributed by atoms with E-state index in [0.29, 0.717) is 19.1 Å². The number of hydrogen-bond donors (Lipinski definition) is 2. The molecular formula is C5H13N3O. The molecule has 0 saturated carbocycles. The van der Waals surface area contributed by atoms with E-state index in [1.54, 1.807) is 0 Å². The van der Waals surface area contributed by atoms with Crippen molar-refractivity contribution in [1.82, 2.24) is 5.48 Å². The minimum Gasteiger partial charge on any atom is -0.368 e. The fourth-order valence-corrected chi connectivity index (χ4v) is 0.349. The minimum atomic E-state index is 0.333. The van der Waals surface area contributed by atoms with Crippen molar-refractivity contribution in [2.75, 3.05) is 13.2 Å². The molecule has 0 saturated heterocycles. The van der Waals surface area contributed by atoms with E-state index in [-0.39, 0.29) is 0 Å². The van der Waals surface area contributed by atoms with Crippen LogP contribution in [0, 0.1) is 0 Å². The lowest BCUT2D eigenvalue weighted by Gasteiger charge is -2.01. The zero-order chi connectivity index (χ0) is 7.11. The Kier molecular flexibility index (Phi) is 4.91. The Balaban J connectivity index is 3.25. The van der Waals surface area contributed by atoms with Gasteiger partial charge in [-0.2, -0.15) is 0 Å². The number of rotatable bonds is 3. The molecule has 0 amide bonds. The van der Waals surface area contributed by atoms with Crippen LogP contribution in [-0.4, -0.2) is 19.1 Å². The summed E-state index contributed by atoms with van der Waals surface area (Å²) in [6, 6.07) is 0. The highest BCUT2D eigenvalue weighted by Crippen LogP contribution is 1.67.